The second-order valence-corrected chi connectivity index (χ2v) is 11.9. The standard InChI is InChI=1S/2C12H10BrF3N2O2/c2*1-11(13)9(17-18(2)10(11)19)7-3-5-8(6-4-7)20-12(14,15)16/h2*3-6H,1-2H3. The number of alkyl halides is 8. The molecule has 0 bridgehead atoms. The van der Waals surface area contributed by atoms with Crippen LogP contribution in [-0.2, 0) is 9.59 Å². The maximum Gasteiger partial charge on any atom is 0.573 e. The minimum atomic E-state index is -4.73. The lowest BCUT2D eigenvalue weighted by Gasteiger charge is -2.16. The predicted molar refractivity (Wildman–Crippen MR) is 140 cm³/mol. The fourth-order valence-electron chi connectivity index (χ4n) is 3.68. The number of hydrogen-bond donors (Lipinski definition) is 0. The second-order valence-electron chi connectivity index (χ2n) is 8.71. The van der Waals surface area contributed by atoms with E-state index in [9.17, 15) is 35.9 Å². The van der Waals surface area contributed by atoms with E-state index in [0.29, 0.717) is 22.6 Å². The van der Waals surface area contributed by atoms with Crippen LogP contribution in [-0.4, -0.2) is 68.7 Å². The number of benzene rings is 2. The fraction of sp³-hybridized carbons (Fsp3) is 0.333. The molecule has 216 valence electrons. The Labute approximate surface area is 240 Å². The first kappa shape index (κ1) is 31.4. The van der Waals surface area contributed by atoms with E-state index in [1.54, 1.807) is 13.8 Å². The maximum atomic E-state index is 12.1. The number of ether oxygens (including phenoxy) is 2. The lowest BCUT2D eigenvalue weighted by molar-refractivity contribution is -0.275. The van der Waals surface area contributed by atoms with E-state index in [1.807, 2.05) is 0 Å². The average molecular weight is 702 g/mol. The Balaban J connectivity index is 0.000000220. The van der Waals surface area contributed by atoms with Crippen LogP contribution >= 0.6 is 31.9 Å². The first-order chi connectivity index (χ1) is 18.2. The largest absolute Gasteiger partial charge is 0.573 e. The van der Waals surface area contributed by atoms with Gasteiger partial charge in [0.15, 0.2) is 0 Å². The van der Waals surface area contributed by atoms with Crippen molar-refractivity contribution in [3.05, 3.63) is 59.7 Å². The van der Waals surface area contributed by atoms with Gasteiger partial charge >= 0.3 is 12.7 Å². The molecular formula is C24H20Br2F6N4O4. The van der Waals surface area contributed by atoms with Gasteiger partial charge in [0.1, 0.15) is 20.1 Å². The summed E-state index contributed by atoms with van der Waals surface area (Å²) in [4.78, 5) is 23.7. The quantitative estimate of drug-likeness (QED) is 0.297. The Morgan fingerprint density at radius 3 is 1.12 bits per heavy atom. The van der Waals surface area contributed by atoms with E-state index >= 15 is 0 Å². The van der Waals surface area contributed by atoms with E-state index in [4.69, 9.17) is 0 Å². The third-order valence-corrected chi connectivity index (χ3v) is 6.93. The van der Waals surface area contributed by atoms with Crippen LogP contribution < -0.4 is 9.47 Å². The summed E-state index contributed by atoms with van der Waals surface area (Å²) in [5, 5.41) is 10.5. The molecule has 16 heteroatoms. The van der Waals surface area contributed by atoms with Crippen molar-refractivity contribution in [2.75, 3.05) is 14.1 Å². The molecular weight excluding hydrogens is 682 g/mol. The van der Waals surface area contributed by atoms with E-state index in [1.165, 1.54) is 72.6 Å². The van der Waals surface area contributed by atoms with Crippen LogP contribution in [0.5, 0.6) is 11.5 Å². The Morgan fingerprint density at radius 1 is 0.650 bits per heavy atom. The number of hydrogen-bond acceptors (Lipinski definition) is 6. The van der Waals surface area contributed by atoms with Crippen LogP contribution in [0.3, 0.4) is 0 Å². The second kappa shape index (κ2) is 11.0. The van der Waals surface area contributed by atoms with Crippen LogP contribution in [0.2, 0.25) is 0 Å². The molecule has 0 saturated heterocycles. The van der Waals surface area contributed by atoms with Gasteiger partial charge in [0.25, 0.3) is 11.8 Å². The predicted octanol–water partition coefficient (Wildman–Crippen LogP) is 5.83. The molecule has 2 unspecified atom stereocenters. The number of amides is 2. The average Bonchev–Trinajstić information content (AvgIpc) is 3.16. The summed E-state index contributed by atoms with van der Waals surface area (Å²) in [7, 11) is 3.02. The molecule has 8 nitrogen and oxygen atoms in total. The highest BCUT2D eigenvalue weighted by Crippen LogP contribution is 2.34. The Hall–Kier alpha value is -3.14. The van der Waals surface area contributed by atoms with Crippen LogP contribution in [0.1, 0.15) is 25.0 Å². The van der Waals surface area contributed by atoms with Gasteiger partial charge in [-0.2, -0.15) is 10.2 Å². The molecule has 2 atom stereocenters. The molecule has 2 aromatic carbocycles. The van der Waals surface area contributed by atoms with Gasteiger partial charge < -0.3 is 9.47 Å². The number of carbonyl (C=O) groups is 2. The van der Waals surface area contributed by atoms with Crippen LogP contribution in [0, 0.1) is 0 Å². The zero-order valence-electron chi connectivity index (χ0n) is 21.1. The van der Waals surface area contributed by atoms with Crippen LogP contribution in [0.15, 0.2) is 58.7 Å². The summed E-state index contributed by atoms with van der Waals surface area (Å²) in [6.45, 7) is 3.27. The molecule has 0 saturated carbocycles. The summed E-state index contributed by atoms with van der Waals surface area (Å²) in [5.74, 6) is -1.14. The molecule has 0 aromatic heterocycles. The molecule has 0 N–H and O–H groups in total. The molecule has 2 aromatic rings. The van der Waals surface area contributed by atoms with Gasteiger partial charge in [0.2, 0.25) is 0 Å². The third-order valence-electron chi connectivity index (χ3n) is 5.50. The molecule has 2 aliphatic rings. The Kier molecular flexibility index (Phi) is 8.65. The summed E-state index contributed by atoms with van der Waals surface area (Å²) in [6, 6.07) is 10.4. The van der Waals surface area contributed by atoms with E-state index < -0.39 is 21.4 Å². The Morgan fingerprint density at radius 2 is 0.925 bits per heavy atom. The van der Waals surface area contributed by atoms with Crippen molar-refractivity contribution in [3.63, 3.8) is 0 Å². The zero-order chi connectivity index (χ0) is 30.3. The number of halogens is 8. The number of carbonyl (C=O) groups excluding carboxylic acids is 2. The van der Waals surface area contributed by atoms with Gasteiger partial charge in [-0.15, -0.1) is 26.3 Å². The van der Waals surface area contributed by atoms with Crippen molar-refractivity contribution in [2.24, 2.45) is 10.2 Å². The normalized spacial score (nSPS) is 23.0. The number of rotatable bonds is 4. The highest BCUT2D eigenvalue weighted by molar-refractivity contribution is 9.10. The molecule has 0 spiro atoms. The monoisotopic (exact) mass is 700 g/mol. The lowest BCUT2D eigenvalue weighted by atomic mass is 9.98. The molecule has 0 aliphatic carbocycles. The number of nitrogens with zero attached hydrogens (tertiary/aromatic N) is 4. The van der Waals surface area contributed by atoms with Gasteiger partial charge in [-0.25, -0.2) is 10.0 Å². The SMILES string of the molecule is CN1N=C(c2ccc(OC(F)(F)F)cc2)C(C)(Br)C1=O.CN1N=C(c2ccc(OC(F)(F)F)cc2)C(C)(Br)C1=O. The molecule has 0 radical (unpaired) electrons. The van der Waals surface area contributed by atoms with E-state index in [0.717, 1.165) is 0 Å². The highest BCUT2D eigenvalue weighted by Gasteiger charge is 2.45. The lowest BCUT2D eigenvalue weighted by Crippen LogP contribution is -2.37. The minimum absolute atomic E-state index is 0.247. The van der Waals surface area contributed by atoms with Gasteiger partial charge in [-0.1, -0.05) is 31.9 Å². The summed E-state index contributed by atoms with van der Waals surface area (Å²) in [6.07, 6.45) is -9.46. The van der Waals surface area contributed by atoms with Crippen molar-refractivity contribution in [1.82, 2.24) is 10.0 Å². The van der Waals surface area contributed by atoms with Gasteiger partial charge in [-0.05, 0) is 62.4 Å². The van der Waals surface area contributed by atoms with Gasteiger partial charge in [0, 0.05) is 25.2 Å². The topological polar surface area (TPSA) is 83.8 Å². The van der Waals surface area contributed by atoms with Crippen LogP contribution in [0.25, 0.3) is 0 Å². The van der Waals surface area contributed by atoms with E-state index in [2.05, 4.69) is 51.5 Å². The van der Waals surface area contributed by atoms with Gasteiger partial charge in [-0.3, -0.25) is 9.59 Å². The highest BCUT2D eigenvalue weighted by atomic mass is 79.9. The van der Waals surface area contributed by atoms with Crippen LogP contribution in [0.4, 0.5) is 26.3 Å². The number of hydrazone groups is 2. The smallest absolute Gasteiger partial charge is 0.406 e. The summed E-state index contributed by atoms with van der Waals surface area (Å²) >= 11 is 6.57. The van der Waals surface area contributed by atoms with Crippen molar-refractivity contribution < 1.29 is 45.4 Å². The fourth-order valence-corrected chi connectivity index (χ4v) is 4.81. The third kappa shape index (κ3) is 7.13. The van der Waals surface area contributed by atoms with Crippen molar-refractivity contribution in [3.8, 4) is 11.5 Å². The first-order valence-electron chi connectivity index (χ1n) is 11.1. The maximum absolute atomic E-state index is 12.1. The van der Waals surface area contributed by atoms with Crippen molar-refractivity contribution in [2.45, 2.75) is 35.2 Å². The first-order valence-corrected chi connectivity index (χ1v) is 12.7. The minimum Gasteiger partial charge on any atom is -0.406 e. The van der Waals surface area contributed by atoms with Crippen molar-refractivity contribution >= 4 is 55.1 Å². The molecule has 2 aliphatic heterocycles. The summed E-state index contributed by atoms with van der Waals surface area (Å²) < 4.78 is 78.0. The molecule has 4 rings (SSSR count). The van der Waals surface area contributed by atoms with E-state index in [-0.39, 0.29) is 23.3 Å². The van der Waals surface area contributed by atoms with Gasteiger partial charge in [0.05, 0.1) is 11.4 Å². The summed E-state index contributed by atoms with van der Waals surface area (Å²) in [5.41, 5.74) is 1.94. The Bertz CT molecular complexity index is 1240. The molecule has 0 fully saturated rings. The molecule has 2 amide bonds. The zero-order valence-corrected chi connectivity index (χ0v) is 24.2. The van der Waals surface area contributed by atoms with Crippen molar-refractivity contribution in [1.29, 1.82) is 0 Å². The molecule has 2 heterocycles. The molecule has 40 heavy (non-hydrogen) atoms.